The smallest absolute Gasteiger partial charge is 0.258 e. The van der Waals surface area contributed by atoms with Crippen molar-refractivity contribution in [1.82, 2.24) is 20.2 Å². The summed E-state index contributed by atoms with van der Waals surface area (Å²) in [6, 6.07) is 7.73. The number of H-pyrrole nitrogens is 1. The standard InChI is InChI=1S/C14H20N4O2S/c1-3-15-9-13-10-16-18-14(13)21(19,20)17-8-12-6-4-5-11(2)7-12/h4-7,10,15,17H,3,8-9H2,1-2H3,(H,16,18). The zero-order valence-electron chi connectivity index (χ0n) is 12.2. The van der Waals surface area contributed by atoms with E-state index in [1.165, 1.54) is 6.20 Å². The highest BCUT2D eigenvalue weighted by Gasteiger charge is 2.20. The Bertz CT molecular complexity index is 695. The van der Waals surface area contributed by atoms with Crippen LogP contribution in [0.1, 0.15) is 23.6 Å². The molecule has 0 fully saturated rings. The molecule has 7 heteroatoms. The topological polar surface area (TPSA) is 86.9 Å². The SMILES string of the molecule is CCNCc1cn[nH]c1S(=O)(=O)NCc1cccc(C)c1. The van der Waals surface area contributed by atoms with E-state index in [4.69, 9.17) is 0 Å². The number of sulfonamides is 1. The van der Waals surface area contributed by atoms with Crippen LogP contribution in [-0.4, -0.2) is 25.2 Å². The van der Waals surface area contributed by atoms with Crippen LogP contribution in [0.2, 0.25) is 0 Å². The van der Waals surface area contributed by atoms with Crippen molar-refractivity contribution in [2.75, 3.05) is 6.54 Å². The molecule has 0 amide bonds. The Morgan fingerprint density at radius 1 is 1.29 bits per heavy atom. The predicted molar refractivity (Wildman–Crippen MR) is 81.2 cm³/mol. The molecular weight excluding hydrogens is 288 g/mol. The molecule has 1 heterocycles. The van der Waals surface area contributed by atoms with Gasteiger partial charge >= 0.3 is 0 Å². The first-order chi connectivity index (χ1) is 10.0. The molecule has 1 aromatic heterocycles. The lowest BCUT2D eigenvalue weighted by Crippen LogP contribution is -2.25. The van der Waals surface area contributed by atoms with Crippen LogP contribution in [0.4, 0.5) is 0 Å². The number of benzene rings is 1. The third-order valence-electron chi connectivity index (χ3n) is 3.06. The maximum Gasteiger partial charge on any atom is 0.258 e. The van der Waals surface area contributed by atoms with Gasteiger partial charge in [0.1, 0.15) is 0 Å². The number of hydrogen-bond acceptors (Lipinski definition) is 4. The van der Waals surface area contributed by atoms with Crippen LogP contribution in [0.5, 0.6) is 0 Å². The number of nitrogens with zero attached hydrogens (tertiary/aromatic N) is 1. The van der Waals surface area contributed by atoms with Crippen molar-refractivity contribution in [3.63, 3.8) is 0 Å². The molecule has 2 rings (SSSR count). The summed E-state index contributed by atoms with van der Waals surface area (Å²) >= 11 is 0. The zero-order valence-corrected chi connectivity index (χ0v) is 13.0. The minimum atomic E-state index is -3.60. The van der Waals surface area contributed by atoms with Crippen LogP contribution in [0, 0.1) is 6.92 Å². The van der Waals surface area contributed by atoms with Gasteiger partial charge in [0, 0.05) is 18.7 Å². The Balaban J connectivity index is 2.10. The monoisotopic (exact) mass is 308 g/mol. The van der Waals surface area contributed by atoms with Crippen molar-refractivity contribution in [3.05, 3.63) is 47.2 Å². The number of aromatic nitrogens is 2. The van der Waals surface area contributed by atoms with Gasteiger partial charge in [-0.25, -0.2) is 13.1 Å². The third-order valence-corrected chi connectivity index (χ3v) is 4.48. The first kappa shape index (κ1) is 15.7. The maximum atomic E-state index is 12.3. The zero-order chi connectivity index (χ0) is 15.3. The molecule has 3 N–H and O–H groups in total. The molecule has 0 radical (unpaired) electrons. The van der Waals surface area contributed by atoms with Gasteiger partial charge in [-0.15, -0.1) is 0 Å². The van der Waals surface area contributed by atoms with Crippen molar-refractivity contribution in [3.8, 4) is 0 Å². The van der Waals surface area contributed by atoms with Gasteiger partial charge in [-0.1, -0.05) is 36.8 Å². The van der Waals surface area contributed by atoms with Gasteiger partial charge in [0.05, 0.1) is 6.20 Å². The Hall–Kier alpha value is -1.70. The number of nitrogens with one attached hydrogen (secondary N) is 3. The van der Waals surface area contributed by atoms with Gasteiger partial charge in [0.25, 0.3) is 10.0 Å². The van der Waals surface area contributed by atoms with E-state index in [0.29, 0.717) is 12.1 Å². The highest BCUT2D eigenvalue weighted by molar-refractivity contribution is 7.89. The van der Waals surface area contributed by atoms with Crippen LogP contribution >= 0.6 is 0 Å². The summed E-state index contributed by atoms with van der Waals surface area (Å²) in [5.41, 5.74) is 2.65. The van der Waals surface area contributed by atoms with Crippen LogP contribution in [0.15, 0.2) is 35.5 Å². The molecule has 21 heavy (non-hydrogen) atoms. The molecule has 1 aromatic carbocycles. The van der Waals surface area contributed by atoms with Crippen LogP contribution in [0.25, 0.3) is 0 Å². The van der Waals surface area contributed by atoms with Crippen molar-refractivity contribution in [2.24, 2.45) is 0 Å². The van der Waals surface area contributed by atoms with Gasteiger partial charge in [0.15, 0.2) is 5.03 Å². The summed E-state index contributed by atoms with van der Waals surface area (Å²) < 4.78 is 27.2. The largest absolute Gasteiger partial charge is 0.313 e. The number of hydrogen-bond donors (Lipinski definition) is 3. The lowest BCUT2D eigenvalue weighted by atomic mass is 10.1. The van der Waals surface area contributed by atoms with E-state index in [0.717, 1.165) is 17.7 Å². The molecule has 0 saturated carbocycles. The number of aryl methyl sites for hydroxylation is 1. The molecule has 0 unspecified atom stereocenters. The van der Waals surface area contributed by atoms with Gasteiger partial charge in [-0.05, 0) is 19.0 Å². The third kappa shape index (κ3) is 4.13. The van der Waals surface area contributed by atoms with Gasteiger partial charge in [-0.3, -0.25) is 5.10 Å². The summed E-state index contributed by atoms with van der Waals surface area (Å²) in [7, 11) is -3.60. The van der Waals surface area contributed by atoms with E-state index in [1.807, 2.05) is 38.1 Å². The second-order valence-corrected chi connectivity index (χ2v) is 6.52. The summed E-state index contributed by atoms with van der Waals surface area (Å²) in [5, 5.41) is 9.60. The number of aromatic amines is 1. The molecule has 0 aliphatic carbocycles. The van der Waals surface area contributed by atoms with Gasteiger partial charge in [0.2, 0.25) is 0 Å². The van der Waals surface area contributed by atoms with Gasteiger partial charge in [-0.2, -0.15) is 5.10 Å². The van der Waals surface area contributed by atoms with E-state index in [9.17, 15) is 8.42 Å². The van der Waals surface area contributed by atoms with Crippen molar-refractivity contribution < 1.29 is 8.42 Å². The molecule has 0 bridgehead atoms. The minimum Gasteiger partial charge on any atom is -0.313 e. The lowest BCUT2D eigenvalue weighted by Gasteiger charge is -2.08. The maximum absolute atomic E-state index is 12.3. The Morgan fingerprint density at radius 2 is 2.10 bits per heavy atom. The molecule has 0 spiro atoms. The van der Waals surface area contributed by atoms with Crippen LogP contribution in [0.3, 0.4) is 0 Å². The Labute approximate surface area is 125 Å². The normalized spacial score (nSPS) is 11.7. The molecule has 6 nitrogen and oxygen atoms in total. The van der Waals surface area contributed by atoms with E-state index in [-0.39, 0.29) is 11.6 Å². The lowest BCUT2D eigenvalue weighted by molar-refractivity contribution is 0.574. The summed E-state index contributed by atoms with van der Waals surface area (Å²) in [4.78, 5) is 0. The molecule has 0 aliphatic rings. The second kappa shape index (κ2) is 6.84. The molecule has 0 atom stereocenters. The van der Waals surface area contributed by atoms with E-state index >= 15 is 0 Å². The van der Waals surface area contributed by atoms with Crippen LogP contribution in [-0.2, 0) is 23.1 Å². The first-order valence-corrected chi connectivity index (χ1v) is 8.29. The summed E-state index contributed by atoms with van der Waals surface area (Å²) in [6.07, 6.45) is 1.53. The van der Waals surface area contributed by atoms with Crippen LogP contribution < -0.4 is 10.0 Å². The van der Waals surface area contributed by atoms with E-state index < -0.39 is 10.0 Å². The summed E-state index contributed by atoms with van der Waals surface area (Å²) in [5.74, 6) is 0. The first-order valence-electron chi connectivity index (χ1n) is 6.81. The van der Waals surface area contributed by atoms with E-state index in [1.54, 1.807) is 0 Å². The molecule has 114 valence electrons. The number of rotatable bonds is 7. The highest BCUT2D eigenvalue weighted by Crippen LogP contribution is 2.12. The average molecular weight is 308 g/mol. The van der Waals surface area contributed by atoms with Crippen molar-refractivity contribution >= 4 is 10.0 Å². The molecule has 2 aromatic rings. The van der Waals surface area contributed by atoms with Crippen molar-refractivity contribution in [2.45, 2.75) is 32.0 Å². The highest BCUT2D eigenvalue weighted by atomic mass is 32.2. The Morgan fingerprint density at radius 3 is 2.81 bits per heavy atom. The quantitative estimate of drug-likeness (QED) is 0.719. The second-order valence-electron chi connectivity index (χ2n) is 4.82. The molecular formula is C14H20N4O2S. The average Bonchev–Trinajstić information content (AvgIpc) is 2.92. The van der Waals surface area contributed by atoms with E-state index in [2.05, 4.69) is 20.2 Å². The summed E-state index contributed by atoms with van der Waals surface area (Å²) in [6.45, 7) is 5.42. The Kier molecular flexibility index (Phi) is 5.11. The van der Waals surface area contributed by atoms with Crippen molar-refractivity contribution in [1.29, 1.82) is 0 Å². The predicted octanol–water partition coefficient (Wildman–Crippen LogP) is 1.31. The molecule has 0 saturated heterocycles. The van der Waals surface area contributed by atoms with Gasteiger partial charge < -0.3 is 5.32 Å². The fourth-order valence-corrected chi connectivity index (χ4v) is 3.13. The fraction of sp³-hybridized carbons (Fsp3) is 0.357. The minimum absolute atomic E-state index is 0.121. The fourth-order valence-electron chi connectivity index (χ4n) is 1.99. The molecule has 0 aliphatic heterocycles.